The minimum Gasteiger partial charge on any atom is -0.280 e. The predicted octanol–water partition coefficient (Wildman–Crippen LogP) is 3.71. The number of H-pyrrole nitrogens is 1. The Morgan fingerprint density at radius 1 is 1.43 bits per heavy atom. The van der Waals surface area contributed by atoms with Gasteiger partial charge in [-0.2, -0.15) is 5.10 Å². The van der Waals surface area contributed by atoms with Gasteiger partial charge in [-0.1, -0.05) is 25.4 Å². The van der Waals surface area contributed by atoms with Crippen LogP contribution in [0.5, 0.6) is 0 Å². The number of hydrogen-bond donors (Lipinski definition) is 1. The van der Waals surface area contributed by atoms with Gasteiger partial charge in [0.05, 0.1) is 14.9 Å². The molecule has 5 heteroatoms. The van der Waals surface area contributed by atoms with Crippen LogP contribution in [-0.4, -0.2) is 15.2 Å². The quantitative estimate of drug-likeness (QED) is 0.797. The molecule has 2 rings (SSSR count). The van der Waals surface area contributed by atoms with Crippen LogP contribution in [0.4, 0.5) is 0 Å². The molecule has 0 aliphatic heterocycles. The lowest BCUT2D eigenvalue weighted by atomic mass is 10.3. The number of rotatable bonds is 0. The first-order valence-electron chi connectivity index (χ1n) is 4.35. The third kappa shape index (κ3) is 1.91. The number of halogens is 2. The molecule has 2 aromatic rings. The number of nitrogens with zero attached hydrogens (tertiary/aromatic N) is 2. The molecule has 2 heterocycles. The van der Waals surface area contributed by atoms with Gasteiger partial charge in [0.25, 0.3) is 0 Å². The smallest absolute Gasteiger partial charge is 0.182 e. The second-order valence-corrected chi connectivity index (χ2v) is 3.70. The summed E-state index contributed by atoms with van der Waals surface area (Å²) in [5.74, 6) is 0. The summed E-state index contributed by atoms with van der Waals surface area (Å²) in [6.07, 6.45) is 1.64. The molecule has 0 aliphatic rings. The third-order valence-corrected chi connectivity index (χ3v) is 2.88. The Balaban J connectivity index is 0.000000461. The summed E-state index contributed by atoms with van der Waals surface area (Å²) in [5.41, 5.74) is 1.59. The maximum Gasteiger partial charge on any atom is 0.182 e. The maximum atomic E-state index is 6.03. The van der Waals surface area contributed by atoms with Gasteiger partial charge in [0.2, 0.25) is 0 Å². The molecule has 0 saturated heterocycles. The fourth-order valence-electron chi connectivity index (χ4n) is 1.07. The third-order valence-electron chi connectivity index (χ3n) is 1.66. The summed E-state index contributed by atoms with van der Waals surface area (Å²) >= 11 is 9.32. The highest BCUT2D eigenvalue weighted by Crippen LogP contribution is 2.29. The summed E-state index contributed by atoms with van der Waals surface area (Å²) in [4.78, 5) is 4.09. The molecule has 0 bridgehead atoms. The Morgan fingerprint density at radius 2 is 2.07 bits per heavy atom. The van der Waals surface area contributed by atoms with Gasteiger partial charge in [-0.3, -0.25) is 5.10 Å². The van der Waals surface area contributed by atoms with E-state index in [1.165, 1.54) is 0 Å². The molecule has 0 fully saturated rings. The Morgan fingerprint density at radius 3 is 2.71 bits per heavy atom. The van der Waals surface area contributed by atoms with Gasteiger partial charge in [-0.05, 0) is 22.9 Å². The summed E-state index contributed by atoms with van der Waals surface area (Å²) < 4.78 is 0.793. The zero-order valence-electron chi connectivity index (χ0n) is 8.23. The fraction of sp³-hybridized carbons (Fsp3) is 0.333. The van der Waals surface area contributed by atoms with Gasteiger partial charge in [0.15, 0.2) is 5.65 Å². The average molecular weight is 277 g/mol. The average Bonchev–Trinajstić information content (AvgIpc) is 2.58. The molecule has 1 N–H and O–H groups in total. The van der Waals surface area contributed by atoms with Crippen LogP contribution < -0.4 is 0 Å². The van der Waals surface area contributed by atoms with Crippen molar-refractivity contribution in [2.24, 2.45) is 0 Å². The Hall–Kier alpha value is -0.610. The van der Waals surface area contributed by atoms with Crippen molar-refractivity contribution in [1.29, 1.82) is 0 Å². The standard InChI is InChI=1S/C7H5BrClN3.C2H6/c1-3-5-6(9)4(8)2-10-7(5)12-11-3;1-2/h2H,1H3,(H,10,11,12);1-2H3. The van der Waals surface area contributed by atoms with E-state index in [0.717, 1.165) is 15.6 Å². The van der Waals surface area contributed by atoms with E-state index in [0.29, 0.717) is 10.7 Å². The molecule has 2 aromatic heterocycles. The minimum absolute atomic E-state index is 0.653. The van der Waals surface area contributed by atoms with Crippen LogP contribution in [0.25, 0.3) is 11.0 Å². The number of hydrogen-bond acceptors (Lipinski definition) is 2. The molecule has 0 aliphatic carbocycles. The van der Waals surface area contributed by atoms with E-state index in [1.54, 1.807) is 6.20 Å². The summed E-state index contributed by atoms with van der Waals surface area (Å²) in [6.45, 7) is 5.91. The number of aryl methyl sites for hydroxylation is 1. The van der Waals surface area contributed by atoms with E-state index in [-0.39, 0.29) is 0 Å². The molecule has 0 spiro atoms. The first-order chi connectivity index (χ1) is 6.70. The molecular weight excluding hydrogens is 265 g/mol. The van der Waals surface area contributed by atoms with Gasteiger partial charge < -0.3 is 0 Å². The molecule has 0 amide bonds. The van der Waals surface area contributed by atoms with Gasteiger partial charge >= 0.3 is 0 Å². The Kier molecular flexibility index (Phi) is 3.89. The number of aromatic amines is 1. The maximum absolute atomic E-state index is 6.03. The second-order valence-electron chi connectivity index (χ2n) is 2.47. The molecule has 0 radical (unpaired) electrons. The molecule has 0 unspecified atom stereocenters. The first-order valence-corrected chi connectivity index (χ1v) is 5.52. The lowest BCUT2D eigenvalue weighted by Gasteiger charge is -1.95. The van der Waals surface area contributed by atoms with Crippen LogP contribution in [0.3, 0.4) is 0 Å². The fourth-order valence-corrected chi connectivity index (χ4v) is 1.64. The normalized spacial score (nSPS) is 9.79. The molecule has 14 heavy (non-hydrogen) atoms. The van der Waals surface area contributed by atoms with Crippen LogP contribution in [0.1, 0.15) is 19.5 Å². The molecule has 76 valence electrons. The number of fused-ring (bicyclic) bond motifs is 1. The number of pyridine rings is 1. The Bertz CT molecular complexity index is 439. The number of nitrogens with one attached hydrogen (secondary N) is 1. The van der Waals surface area contributed by atoms with Crippen molar-refractivity contribution in [2.45, 2.75) is 20.8 Å². The van der Waals surface area contributed by atoms with E-state index >= 15 is 0 Å². The van der Waals surface area contributed by atoms with E-state index in [4.69, 9.17) is 11.6 Å². The van der Waals surface area contributed by atoms with Crippen molar-refractivity contribution in [2.75, 3.05) is 0 Å². The minimum atomic E-state index is 0.653. The van der Waals surface area contributed by atoms with Gasteiger partial charge in [0.1, 0.15) is 0 Å². The summed E-state index contributed by atoms with van der Waals surface area (Å²) in [6, 6.07) is 0. The van der Waals surface area contributed by atoms with Gasteiger partial charge in [-0.25, -0.2) is 4.98 Å². The summed E-state index contributed by atoms with van der Waals surface area (Å²) in [5, 5.41) is 8.34. The van der Waals surface area contributed by atoms with Crippen molar-refractivity contribution in [3.63, 3.8) is 0 Å². The van der Waals surface area contributed by atoms with Crippen LogP contribution >= 0.6 is 27.5 Å². The molecule has 0 aromatic carbocycles. The van der Waals surface area contributed by atoms with Crippen LogP contribution in [0, 0.1) is 6.92 Å². The first kappa shape index (κ1) is 11.5. The predicted molar refractivity (Wildman–Crippen MR) is 62.7 cm³/mol. The van der Waals surface area contributed by atoms with Crippen LogP contribution in [0.15, 0.2) is 10.7 Å². The topological polar surface area (TPSA) is 41.6 Å². The van der Waals surface area contributed by atoms with E-state index < -0.39 is 0 Å². The lowest BCUT2D eigenvalue weighted by molar-refractivity contribution is 1.05. The Labute approximate surface area is 96.0 Å². The highest BCUT2D eigenvalue weighted by atomic mass is 79.9. The molecule has 3 nitrogen and oxygen atoms in total. The van der Waals surface area contributed by atoms with Crippen molar-refractivity contribution in [3.05, 3.63) is 21.4 Å². The largest absolute Gasteiger partial charge is 0.280 e. The van der Waals surface area contributed by atoms with Gasteiger partial charge in [-0.15, -0.1) is 0 Å². The SMILES string of the molecule is CC.Cc1[nH]nc2ncc(Br)c(Cl)c12. The van der Waals surface area contributed by atoms with Crippen molar-refractivity contribution in [3.8, 4) is 0 Å². The highest BCUT2D eigenvalue weighted by Gasteiger charge is 2.09. The lowest BCUT2D eigenvalue weighted by Crippen LogP contribution is -1.78. The van der Waals surface area contributed by atoms with Crippen molar-refractivity contribution in [1.82, 2.24) is 15.2 Å². The zero-order valence-corrected chi connectivity index (χ0v) is 10.6. The summed E-state index contributed by atoms with van der Waals surface area (Å²) in [7, 11) is 0. The number of aromatic nitrogens is 3. The van der Waals surface area contributed by atoms with E-state index in [1.807, 2.05) is 20.8 Å². The molecule has 0 atom stereocenters. The highest BCUT2D eigenvalue weighted by molar-refractivity contribution is 9.10. The van der Waals surface area contributed by atoms with Crippen LogP contribution in [-0.2, 0) is 0 Å². The van der Waals surface area contributed by atoms with Crippen molar-refractivity contribution >= 4 is 38.6 Å². The van der Waals surface area contributed by atoms with E-state index in [2.05, 4.69) is 31.1 Å². The zero-order chi connectivity index (χ0) is 10.7. The van der Waals surface area contributed by atoms with Crippen molar-refractivity contribution < 1.29 is 0 Å². The molecular formula is C9H11BrClN3. The van der Waals surface area contributed by atoms with Crippen LogP contribution in [0.2, 0.25) is 5.02 Å². The van der Waals surface area contributed by atoms with E-state index in [9.17, 15) is 0 Å². The van der Waals surface area contributed by atoms with Gasteiger partial charge in [0, 0.05) is 11.9 Å². The second kappa shape index (κ2) is 4.75. The monoisotopic (exact) mass is 275 g/mol. The molecule has 0 saturated carbocycles.